The zero-order valence-electron chi connectivity index (χ0n) is 10.2. The fourth-order valence-corrected chi connectivity index (χ4v) is 1.98. The summed E-state index contributed by atoms with van der Waals surface area (Å²) in [6.45, 7) is 0.394. The highest BCUT2D eigenvalue weighted by Gasteiger charge is 2.08. The first-order valence-corrected chi connectivity index (χ1v) is 6.01. The fourth-order valence-electron chi connectivity index (χ4n) is 1.98. The van der Waals surface area contributed by atoms with Crippen molar-refractivity contribution in [1.29, 1.82) is 0 Å². The van der Waals surface area contributed by atoms with Crippen LogP contribution in [-0.2, 0) is 6.54 Å². The fraction of sp³-hybridized carbons (Fsp3) is 0.0667. The molecule has 1 aromatic carbocycles. The first-order chi connectivity index (χ1) is 9.34. The van der Waals surface area contributed by atoms with Crippen LogP contribution in [0, 0.1) is 5.82 Å². The molecule has 0 amide bonds. The van der Waals surface area contributed by atoms with Gasteiger partial charge in [0.25, 0.3) is 0 Å². The van der Waals surface area contributed by atoms with E-state index in [2.05, 4.69) is 10.1 Å². The van der Waals surface area contributed by atoms with E-state index < -0.39 is 0 Å². The molecule has 0 aliphatic heterocycles. The Kier molecular flexibility index (Phi) is 3.06. The molecule has 0 saturated carbocycles. The molecule has 3 rings (SSSR count). The molecule has 3 nitrogen and oxygen atoms in total. The molecule has 0 radical (unpaired) electrons. The second-order valence-corrected chi connectivity index (χ2v) is 4.18. The minimum absolute atomic E-state index is 0.218. The van der Waals surface area contributed by atoms with Crippen LogP contribution in [0.4, 0.5) is 4.39 Å². The summed E-state index contributed by atoms with van der Waals surface area (Å²) in [5.74, 6) is -0.218. The molecule has 0 atom stereocenters. The largest absolute Gasteiger partial charge is 0.259 e. The number of hydrogen-bond acceptors (Lipinski definition) is 2. The smallest absolute Gasteiger partial charge is 0.128 e. The molecular weight excluding hydrogens is 241 g/mol. The quantitative estimate of drug-likeness (QED) is 0.718. The summed E-state index contributed by atoms with van der Waals surface area (Å²) in [7, 11) is 0. The molecule has 0 fully saturated rings. The number of benzene rings is 1. The van der Waals surface area contributed by atoms with E-state index >= 15 is 0 Å². The molecule has 19 heavy (non-hydrogen) atoms. The van der Waals surface area contributed by atoms with Crippen LogP contribution < -0.4 is 0 Å². The highest BCUT2D eigenvalue weighted by molar-refractivity contribution is 5.53. The van der Waals surface area contributed by atoms with Gasteiger partial charge in [0, 0.05) is 18.0 Å². The van der Waals surface area contributed by atoms with Crippen LogP contribution in [0.25, 0.3) is 11.4 Å². The Morgan fingerprint density at radius 3 is 2.58 bits per heavy atom. The summed E-state index contributed by atoms with van der Waals surface area (Å²) in [6.07, 6.45) is 3.43. The first kappa shape index (κ1) is 11.6. The summed E-state index contributed by atoms with van der Waals surface area (Å²) in [5.41, 5.74) is 2.32. The Bertz CT molecular complexity index is 677. The van der Waals surface area contributed by atoms with E-state index in [0.29, 0.717) is 12.1 Å². The van der Waals surface area contributed by atoms with Crippen molar-refractivity contribution in [2.75, 3.05) is 0 Å². The predicted molar refractivity (Wildman–Crippen MR) is 71.0 cm³/mol. The molecule has 0 unspecified atom stereocenters. The number of rotatable bonds is 3. The second kappa shape index (κ2) is 5.02. The molecule has 0 saturated heterocycles. The van der Waals surface area contributed by atoms with Gasteiger partial charge in [-0.25, -0.2) is 4.39 Å². The topological polar surface area (TPSA) is 30.7 Å². The number of pyridine rings is 1. The van der Waals surface area contributed by atoms with Gasteiger partial charge in [-0.2, -0.15) is 5.10 Å². The molecule has 94 valence electrons. The van der Waals surface area contributed by atoms with Gasteiger partial charge in [0.1, 0.15) is 5.82 Å². The Hall–Kier alpha value is -2.49. The van der Waals surface area contributed by atoms with Crippen molar-refractivity contribution in [1.82, 2.24) is 14.8 Å². The minimum Gasteiger partial charge on any atom is -0.259 e. The van der Waals surface area contributed by atoms with Crippen LogP contribution in [0.3, 0.4) is 0 Å². The first-order valence-electron chi connectivity index (χ1n) is 6.01. The lowest BCUT2D eigenvalue weighted by Gasteiger charge is -2.07. The maximum atomic E-state index is 13.7. The zero-order chi connectivity index (χ0) is 13.1. The van der Waals surface area contributed by atoms with Crippen molar-refractivity contribution in [3.05, 3.63) is 72.3 Å². The lowest BCUT2D eigenvalue weighted by atomic mass is 10.2. The SMILES string of the molecule is Fc1ccccc1Cn1nccc1-c1ccccn1. The highest BCUT2D eigenvalue weighted by Crippen LogP contribution is 2.17. The lowest BCUT2D eigenvalue weighted by Crippen LogP contribution is -2.05. The third-order valence-electron chi connectivity index (χ3n) is 2.92. The molecule has 0 N–H and O–H groups in total. The molecular formula is C15H12FN3. The van der Waals surface area contributed by atoms with Crippen LogP contribution in [0.5, 0.6) is 0 Å². The van der Waals surface area contributed by atoms with E-state index in [1.165, 1.54) is 6.07 Å². The second-order valence-electron chi connectivity index (χ2n) is 4.18. The van der Waals surface area contributed by atoms with Crippen LogP contribution in [0.1, 0.15) is 5.56 Å². The molecule has 2 heterocycles. The molecule has 2 aromatic heterocycles. The Balaban J connectivity index is 1.96. The summed E-state index contributed by atoms with van der Waals surface area (Å²) < 4.78 is 15.4. The van der Waals surface area contributed by atoms with E-state index in [9.17, 15) is 4.39 Å². The van der Waals surface area contributed by atoms with E-state index in [0.717, 1.165) is 11.4 Å². The van der Waals surface area contributed by atoms with Crippen molar-refractivity contribution < 1.29 is 4.39 Å². The van der Waals surface area contributed by atoms with Crippen molar-refractivity contribution in [3.8, 4) is 11.4 Å². The van der Waals surface area contributed by atoms with Gasteiger partial charge in [0.2, 0.25) is 0 Å². The van der Waals surface area contributed by atoms with Gasteiger partial charge in [0.05, 0.1) is 17.9 Å². The van der Waals surface area contributed by atoms with Crippen molar-refractivity contribution in [2.45, 2.75) is 6.54 Å². The third kappa shape index (κ3) is 2.38. The molecule has 0 aliphatic carbocycles. The van der Waals surface area contributed by atoms with Gasteiger partial charge in [-0.15, -0.1) is 0 Å². The number of halogens is 1. The normalized spacial score (nSPS) is 10.6. The Labute approximate surface area is 110 Å². The molecule has 0 spiro atoms. The van der Waals surface area contributed by atoms with Gasteiger partial charge < -0.3 is 0 Å². The monoisotopic (exact) mass is 253 g/mol. The Morgan fingerprint density at radius 1 is 0.947 bits per heavy atom. The van der Waals surface area contributed by atoms with Crippen LogP contribution in [0.2, 0.25) is 0 Å². The predicted octanol–water partition coefficient (Wildman–Crippen LogP) is 3.13. The van der Waals surface area contributed by atoms with Crippen LogP contribution in [0.15, 0.2) is 60.9 Å². The molecule has 4 heteroatoms. The van der Waals surface area contributed by atoms with Crippen molar-refractivity contribution in [3.63, 3.8) is 0 Å². The summed E-state index contributed by atoms with van der Waals surface area (Å²) in [4.78, 5) is 4.29. The molecule has 0 aliphatic rings. The van der Waals surface area contributed by atoms with Gasteiger partial charge in [-0.3, -0.25) is 9.67 Å². The summed E-state index contributed by atoms with van der Waals surface area (Å²) >= 11 is 0. The van der Waals surface area contributed by atoms with E-state index in [1.807, 2.05) is 30.3 Å². The average Bonchev–Trinajstić information content (AvgIpc) is 2.91. The van der Waals surface area contributed by atoms with Crippen molar-refractivity contribution >= 4 is 0 Å². The maximum absolute atomic E-state index is 13.7. The van der Waals surface area contributed by atoms with Gasteiger partial charge in [-0.05, 0) is 24.3 Å². The van der Waals surface area contributed by atoms with Gasteiger partial charge in [0.15, 0.2) is 0 Å². The van der Waals surface area contributed by atoms with Crippen molar-refractivity contribution in [2.24, 2.45) is 0 Å². The average molecular weight is 253 g/mol. The Morgan fingerprint density at radius 2 is 1.79 bits per heavy atom. The maximum Gasteiger partial charge on any atom is 0.128 e. The highest BCUT2D eigenvalue weighted by atomic mass is 19.1. The summed E-state index contributed by atoms with van der Waals surface area (Å²) in [5, 5.41) is 4.24. The van der Waals surface area contributed by atoms with Crippen LogP contribution in [-0.4, -0.2) is 14.8 Å². The minimum atomic E-state index is -0.218. The zero-order valence-corrected chi connectivity index (χ0v) is 10.2. The van der Waals surface area contributed by atoms with Gasteiger partial charge >= 0.3 is 0 Å². The summed E-state index contributed by atoms with van der Waals surface area (Å²) in [6, 6.07) is 14.3. The van der Waals surface area contributed by atoms with E-state index in [-0.39, 0.29) is 5.82 Å². The molecule has 0 bridgehead atoms. The molecule has 3 aromatic rings. The number of aromatic nitrogens is 3. The standard InChI is InChI=1S/C15H12FN3/c16-13-6-2-1-5-12(13)11-19-15(8-10-18-19)14-7-3-4-9-17-14/h1-10H,11H2. The van der Waals surface area contributed by atoms with E-state index in [4.69, 9.17) is 0 Å². The van der Waals surface area contributed by atoms with Gasteiger partial charge in [-0.1, -0.05) is 24.3 Å². The number of nitrogens with zero attached hydrogens (tertiary/aromatic N) is 3. The lowest BCUT2D eigenvalue weighted by molar-refractivity contribution is 0.587. The van der Waals surface area contributed by atoms with Crippen LogP contribution >= 0.6 is 0 Å². The third-order valence-corrected chi connectivity index (χ3v) is 2.92. The van der Waals surface area contributed by atoms with E-state index in [1.54, 1.807) is 29.2 Å². The number of hydrogen-bond donors (Lipinski definition) is 0.